The lowest BCUT2D eigenvalue weighted by molar-refractivity contribution is 0.0377. The van der Waals surface area contributed by atoms with Crippen molar-refractivity contribution in [3.8, 4) is 0 Å². The van der Waals surface area contributed by atoms with Crippen LogP contribution >= 0.6 is 11.6 Å². The molecule has 0 bridgehead atoms. The highest BCUT2D eigenvalue weighted by Gasteiger charge is 2.25. The Morgan fingerprint density at radius 1 is 1.29 bits per heavy atom. The Labute approximate surface area is 130 Å². The zero-order valence-corrected chi connectivity index (χ0v) is 14.3. The molecule has 118 valence electrons. The van der Waals surface area contributed by atoms with Gasteiger partial charge in [0.15, 0.2) is 0 Å². The van der Waals surface area contributed by atoms with E-state index in [9.17, 15) is 13.2 Å². The van der Waals surface area contributed by atoms with Gasteiger partial charge in [0.05, 0.1) is 16.7 Å². The Morgan fingerprint density at radius 2 is 1.86 bits per heavy atom. The van der Waals surface area contributed by atoms with E-state index in [1.165, 1.54) is 18.2 Å². The van der Waals surface area contributed by atoms with E-state index in [0.29, 0.717) is 0 Å². The van der Waals surface area contributed by atoms with Gasteiger partial charge in [-0.15, -0.1) is 0 Å². The molecular weight excluding hydrogens is 314 g/mol. The van der Waals surface area contributed by atoms with Crippen molar-refractivity contribution in [1.82, 2.24) is 4.72 Å². The Kier molecular flexibility index (Phi) is 5.41. The molecule has 0 atom stereocenters. The molecule has 0 spiro atoms. The predicted octanol–water partition coefficient (Wildman–Crippen LogP) is 2.98. The number of hydrogen-bond acceptors (Lipinski definition) is 4. The van der Waals surface area contributed by atoms with Crippen molar-refractivity contribution in [2.24, 2.45) is 0 Å². The highest BCUT2D eigenvalue weighted by molar-refractivity contribution is 7.89. The fourth-order valence-electron chi connectivity index (χ4n) is 1.58. The first kappa shape index (κ1) is 17.9. The summed E-state index contributed by atoms with van der Waals surface area (Å²) in [6.07, 6.45) is -0.291. The summed E-state index contributed by atoms with van der Waals surface area (Å²) in [5.41, 5.74) is -0.515. The van der Waals surface area contributed by atoms with Gasteiger partial charge in [-0.2, -0.15) is 0 Å². The molecule has 0 unspecified atom stereocenters. The van der Waals surface area contributed by atoms with Crippen molar-refractivity contribution in [3.05, 3.63) is 28.8 Å². The number of benzene rings is 1. The van der Waals surface area contributed by atoms with Crippen LogP contribution in [0, 0.1) is 0 Å². The number of esters is 1. The number of carbonyl (C=O) groups excluding carboxylic acids is 1. The van der Waals surface area contributed by atoms with Crippen molar-refractivity contribution in [2.75, 3.05) is 0 Å². The van der Waals surface area contributed by atoms with Crippen LogP contribution in [-0.2, 0) is 14.8 Å². The lowest BCUT2D eigenvalue weighted by atomic mass is 10.1. The van der Waals surface area contributed by atoms with Gasteiger partial charge >= 0.3 is 5.97 Å². The minimum absolute atomic E-state index is 0.0489. The van der Waals surface area contributed by atoms with Gasteiger partial charge in [0.2, 0.25) is 10.0 Å². The summed E-state index contributed by atoms with van der Waals surface area (Å²) in [5.74, 6) is -0.589. The normalized spacial score (nSPS) is 12.5. The molecule has 0 aromatic heterocycles. The van der Waals surface area contributed by atoms with Gasteiger partial charge in [-0.25, -0.2) is 17.9 Å². The molecule has 1 aromatic carbocycles. The molecule has 0 fully saturated rings. The van der Waals surface area contributed by atoms with E-state index in [0.717, 1.165) is 0 Å². The topological polar surface area (TPSA) is 72.5 Å². The largest absolute Gasteiger partial charge is 0.459 e. The molecule has 0 saturated carbocycles. The van der Waals surface area contributed by atoms with Gasteiger partial charge in [-0.05, 0) is 52.8 Å². The molecule has 7 heteroatoms. The fraction of sp³-hybridized carbons (Fsp3) is 0.500. The molecule has 0 aliphatic heterocycles. The van der Waals surface area contributed by atoms with Crippen LogP contribution in [0.2, 0.25) is 5.02 Å². The van der Waals surface area contributed by atoms with Crippen LogP contribution < -0.4 is 4.72 Å². The van der Waals surface area contributed by atoms with Gasteiger partial charge < -0.3 is 4.74 Å². The highest BCUT2D eigenvalue weighted by Crippen LogP contribution is 2.24. The van der Waals surface area contributed by atoms with Gasteiger partial charge in [0, 0.05) is 5.54 Å². The first-order valence-electron chi connectivity index (χ1n) is 6.47. The Morgan fingerprint density at radius 3 is 2.33 bits per heavy atom. The number of sulfonamides is 1. The number of halogens is 1. The zero-order valence-electron chi connectivity index (χ0n) is 12.7. The van der Waals surface area contributed by atoms with Crippen molar-refractivity contribution < 1.29 is 17.9 Å². The van der Waals surface area contributed by atoms with Crippen LogP contribution in [-0.4, -0.2) is 26.0 Å². The van der Waals surface area contributed by atoms with Crippen molar-refractivity contribution >= 4 is 27.6 Å². The summed E-state index contributed by atoms with van der Waals surface area (Å²) in [7, 11) is -3.82. The maximum Gasteiger partial charge on any atom is 0.338 e. The summed E-state index contributed by atoms with van der Waals surface area (Å²) < 4.78 is 32.2. The third kappa shape index (κ3) is 5.30. The second-order valence-electron chi connectivity index (χ2n) is 5.95. The molecule has 0 saturated heterocycles. The van der Waals surface area contributed by atoms with Crippen molar-refractivity contribution in [1.29, 1.82) is 0 Å². The van der Waals surface area contributed by atoms with Crippen molar-refractivity contribution in [2.45, 2.75) is 51.2 Å². The molecule has 5 nitrogen and oxygen atoms in total. The third-order valence-electron chi connectivity index (χ3n) is 2.24. The molecule has 1 rings (SSSR count). The molecule has 0 aliphatic rings. The van der Waals surface area contributed by atoms with Crippen LogP contribution in [0.25, 0.3) is 0 Å². The summed E-state index contributed by atoms with van der Waals surface area (Å²) in [6.45, 7) is 8.58. The second-order valence-corrected chi connectivity index (χ2v) is 8.01. The third-order valence-corrected chi connectivity index (χ3v) is 4.48. The number of hydrogen-bond donors (Lipinski definition) is 1. The quantitative estimate of drug-likeness (QED) is 0.860. The molecule has 0 amide bonds. The highest BCUT2D eigenvalue weighted by atomic mass is 35.5. The van der Waals surface area contributed by atoms with Crippen molar-refractivity contribution in [3.63, 3.8) is 0 Å². The van der Waals surface area contributed by atoms with Crippen LogP contribution in [0.1, 0.15) is 45.0 Å². The summed E-state index contributed by atoms with van der Waals surface area (Å²) in [5, 5.41) is 0.0489. The maximum absolute atomic E-state index is 12.3. The minimum atomic E-state index is -3.82. The SMILES string of the molecule is CC(C)OC(=O)c1ccc(Cl)c(S(=O)(=O)NC(C)(C)C)c1. The monoisotopic (exact) mass is 333 g/mol. The summed E-state index contributed by atoms with van der Waals surface area (Å²) in [6, 6.07) is 4.03. The van der Waals surface area contributed by atoms with E-state index in [1.807, 2.05) is 0 Å². The number of rotatable bonds is 4. The average Bonchev–Trinajstić information content (AvgIpc) is 2.24. The molecule has 0 aliphatic carbocycles. The van der Waals surface area contributed by atoms with E-state index in [1.54, 1.807) is 34.6 Å². The zero-order chi connectivity index (χ0) is 16.4. The van der Waals surface area contributed by atoms with E-state index in [2.05, 4.69) is 4.72 Å². The Hall–Kier alpha value is -1.11. The molecule has 0 heterocycles. The molecule has 21 heavy (non-hydrogen) atoms. The van der Waals surface area contributed by atoms with Gasteiger partial charge in [-0.3, -0.25) is 0 Å². The number of ether oxygens (including phenoxy) is 1. The number of nitrogens with one attached hydrogen (secondary N) is 1. The molecule has 1 N–H and O–H groups in total. The van der Waals surface area contributed by atoms with Crippen LogP contribution in [0.3, 0.4) is 0 Å². The van der Waals surface area contributed by atoms with Gasteiger partial charge in [0.1, 0.15) is 4.90 Å². The first-order chi connectivity index (χ1) is 9.42. The Balaban J connectivity index is 3.22. The van der Waals surface area contributed by atoms with Gasteiger partial charge in [-0.1, -0.05) is 11.6 Å². The molecule has 1 aromatic rings. The van der Waals surface area contributed by atoms with E-state index in [4.69, 9.17) is 16.3 Å². The van der Waals surface area contributed by atoms with Crippen LogP contribution in [0.15, 0.2) is 23.1 Å². The Bertz CT molecular complexity index is 633. The summed E-state index contributed by atoms with van der Waals surface area (Å²) >= 11 is 5.95. The smallest absolute Gasteiger partial charge is 0.338 e. The average molecular weight is 334 g/mol. The second kappa shape index (κ2) is 6.34. The maximum atomic E-state index is 12.3. The van der Waals surface area contributed by atoms with Crippen LogP contribution in [0.4, 0.5) is 0 Å². The van der Waals surface area contributed by atoms with E-state index in [-0.39, 0.29) is 21.6 Å². The minimum Gasteiger partial charge on any atom is -0.459 e. The first-order valence-corrected chi connectivity index (χ1v) is 8.33. The van der Waals surface area contributed by atoms with E-state index < -0.39 is 21.5 Å². The number of carbonyl (C=O) groups is 1. The fourth-order valence-corrected chi connectivity index (χ4v) is 3.52. The van der Waals surface area contributed by atoms with E-state index >= 15 is 0 Å². The lowest BCUT2D eigenvalue weighted by Crippen LogP contribution is -2.40. The lowest BCUT2D eigenvalue weighted by Gasteiger charge is -2.21. The van der Waals surface area contributed by atoms with Gasteiger partial charge in [0.25, 0.3) is 0 Å². The van der Waals surface area contributed by atoms with Crippen LogP contribution in [0.5, 0.6) is 0 Å². The standard InChI is InChI=1S/C14H20ClNO4S/c1-9(2)20-13(17)10-6-7-11(15)12(8-10)21(18,19)16-14(3,4)5/h6-9,16H,1-5H3. The predicted molar refractivity (Wildman–Crippen MR) is 82.1 cm³/mol. The molecular formula is C14H20ClNO4S. The molecule has 0 radical (unpaired) electrons. The summed E-state index contributed by atoms with van der Waals surface area (Å²) in [4.78, 5) is 11.7.